The molecular weight excluding hydrogens is 228 g/mol. The number of rotatable bonds is 0. The lowest BCUT2D eigenvalue weighted by atomic mass is 9.91. The molecule has 0 spiro atoms. The van der Waals surface area contributed by atoms with Crippen molar-refractivity contribution in [3.8, 4) is 6.07 Å². The Hall–Kier alpha value is -0.880. The fourth-order valence-corrected chi connectivity index (χ4v) is 1.33. The fourth-order valence-electron chi connectivity index (χ4n) is 0.923. The molecule has 1 heterocycles. The molecule has 13 heavy (non-hydrogen) atoms. The topological polar surface area (TPSA) is 36.7 Å². The lowest BCUT2D eigenvalue weighted by molar-refractivity contribution is 0.568. The normalized spacial score (nSPS) is 11.0. The summed E-state index contributed by atoms with van der Waals surface area (Å²) in [5.41, 5.74) is 1.59. The lowest BCUT2D eigenvalue weighted by Crippen LogP contribution is -2.13. The van der Waals surface area contributed by atoms with Crippen molar-refractivity contribution in [3.05, 3.63) is 28.0 Å². The summed E-state index contributed by atoms with van der Waals surface area (Å²) >= 11 is 3.34. The van der Waals surface area contributed by atoms with Gasteiger partial charge < -0.3 is 0 Å². The summed E-state index contributed by atoms with van der Waals surface area (Å²) in [6.45, 7) is 6.27. The van der Waals surface area contributed by atoms with E-state index in [-0.39, 0.29) is 5.41 Å². The molecule has 3 heteroatoms. The molecule has 0 aliphatic heterocycles. The molecule has 0 bridgehead atoms. The zero-order valence-corrected chi connectivity index (χ0v) is 9.51. The van der Waals surface area contributed by atoms with Crippen LogP contribution in [0.4, 0.5) is 0 Å². The van der Waals surface area contributed by atoms with Crippen molar-refractivity contribution in [3.63, 3.8) is 0 Å². The molecule has 0 aliphatic carbocycles. The van der Waals surface area contributed by atoms with E-state index in [1.807, 2.05) is 6.07 Å². The van der Waals surface area contributed by atoms with Crippen LogP contribution in [0.2, 0.25) is 0 Å². The summed E-state index contributed by atoms with van der Waals surface area (Å²) in [7, 11) is 0. The first-order chi connectivity index (χ1) is 5.95. The molecule has 0 aliphatic rings. The van der Waals surface area contributed by atoms with Crippen molar-refractivity contribution in [1.29, 1.82) is 5.26 Å². The molecular formula is C10H11BrN2. The van der Waals surface area contributed by atoms with Gasteiger partial charge in [-0.2, -0.15) is 5.26 Å². The van der Waals surface area contributed by atoms with Crippen molar-refractivity contribution >= 4 is 15.9 Å². The van der Waals surface area contributed by atoms with Gasteiger partial charge in [0.05, 0.1) is 5.56 Å². The summed E-state index contributed by atoms with van der Waals surface area (Å²) in [4.78, 5) is 4.23. The molecule has 0 atom stereocenters. The first-order valence-corrected chi connectivity index (χ1v) is 4.80. The highest BCUT2D eigenvalue weighted by Crippen LogP contribution is 2.24. The Bertz CT molecular complexity index is 358. The van der Waals surface area contributed by atoms with Gasteiger partial charge in [0, 0.05) is 21.8 Å². The Kier molecular flexibility index (Phi) is 2.72. The number of hydrogen-bond acceptors (Lipinski definition) is 2. The average Bonchev–Trinajstić information content (AvgIpc) is 2.02. The van der Waals surface area contributed by atoms with Gasteiger partial charge in [0.25, 0.3) is 0 Å². The first-order valence-electron chi connectivity index (χ1n) is 4.01. The summed E-state index contributed by atoms with van der Waals surface area (Å²) < 4.78 is 0.815. The van der Waals surface area contributed by atoms with Crippen LogP contribution < -0.4 is 0 Å². The third-order valence-corrected chi connectivity index (χ3v) is 2.40. The van der Waals surface area contributed by atoms with Gasteiger partial charge in [0.2, 0.25) is 0 Å². The predicted octanol–water partition coefficient (Wildman–Crippen LogP) is 3.01. The van der Waals surface area contributed by atoms with Gasteiger partial charge >= 0.3 is 0 Å². The zero-order valence-electron chi connectivity index (χ0n) is 7.93. The van der Waals surface area contributed by atoms with Crippen molar-refractivity contribution in [2.45, 2.75) is 26.2 Å². The van der Waals surface area contributed by atoms with Gasteiger partial charge in [-0.15, -0.1) is 0 Å². The van der Waals surface area contributed by atoms with E-state index in [9.17, 15) is 0 Å². The lowest BCUT2D eigenvalue weighted by Gasteiger charge is -2.17. The summed E-state index contributed by atoms with van der Waals surface area (Å²) in [6, 6.07) is 3.97. The molecule has 1 aromatic heterocycles. The number of aromatic nitrogens is 1. The molecule has 1 rings (SSSR count). The third kappa shape index (κ3) is 2.28. The van der Waals surface area contributed by atoms with Gasteiger partial charge in [0.1, 0.15) is 6.07 Å². The van der Waals surface area contributed by atoms with E-state index in [0.29, 0.717) is 5.56 Å². The highest BCUT2D eigenvalue weighted by molar-refractivity contribution is 9.10. The van der Waals surface area contributed by atoms with Crippen LogP contribution in [0.3, 0.4) is 0 Å². The second kappa shape index (κ2) is 3.47. The van der Waals surface area contributed by atoms with E-state index < -0.39 is 0 Å². The van der Waals surface area contributed by atoms with Gasteiger partial charge in [-0.25, -0.2) is 0 Å². The van der Waals surface area contributed by atoms with Crippen LogP contribution >= 0.6 is 15.9 Å². The van der Waals surface area contributed by atoms with E-state index in [0.717, 1.165) is 10.2 Å². The van der Waals surface area contributed by atoms with E-state index in [2.05, 4.69) is 47.8 Å². The second-order valence-electron chi connectivity index (χ2n) is 3.91. The zero-order chi connectivity index (χ0) is 10.1. The maximum Gasteiger partial charge on any atom is 0.102 e. The first kappa shape index (κ1) is 10.2. The molecule has 0 saturated carbocycles. The Morgan fingerprint density at radius 2 is 2.08 bits per heavy atom. The fraction of sp³-hybridized carbons (Fsp3) is 0.400. The quantitative estimate of drug-likeness (QED) is 0.697. The number of hydrogen-bond donors (Lipinski definition) is 0. The molecule has 0 radical (unpaired) electrons. The van der Waals surface area contributed by atoms with E-state index >= 15 is 0 Å². The summed E-state index contributed by atoms with van der Waals surface area (Å²) in [6.07, 6.45) is 1.60. The molecule has 68 valence electrons. The van der Waals surface area contributed by atoms with Crippen molar-refractivity contribution in [2.24, 2.45) is 0 Å². The maximum atomic E-state index is 8.69. The van der Waals surface area contributed by atoms with E-state index in [1.54, 1.807) is 6.20 Å². The van der Waals surface area contributed by atoms with Gasteiger partial charge in [-0.3, -0.25) is 4.98 Å². The predicted molar refractivity (Wildman–Crippen MR) is 55.4 cm³/mol. The Balaban J connectivity index is 3.20. The average molecular weight is 239 g/mol. The number of pyridine rings is 1. The molecule has 2 nitrogen and oxygen atoms in total. The van der Waals surface area contributed by atoms with Crippen LogP contribution in [0.15, 0.2) is 16.7 Å². The molecule has 0 fully saturated rings. The van der Waals surface area contributed by atoms with Crippen LogP contribution in [-0.2, 0) is 5.41 Å². The van der Waals surface area contributed by atoms with Crippen LogP contribution in [0.25, 0.3) is 0 Å². The van der Waals surface area contributed by atoms with Crippen LogP contribution in [0.1, 0.15) is 32.0 Å². The van der Waals surface area contributed by atoms with E-state index in [1.165, 1.54) is 0 Å². The third-order valence-electron chi connectivity index (χ3n) is 1.74. The smallest absolute Gasteiger partial charge is 0.102 e. The minimum Gasteiger partial charge on any atom is -0.259 e. The van der Waals surface area contributed by atoms with Gasteiger partial charge in [-0.05, 0) is 22.0 Å². The van der Waals surface area contributed by atoms with Crippen molar-refractivity contribution in [2.75, 3.05) is 0 Å². The largest absolute Gasteiger partial charge is 0.259 e. The summed E-state index contributed by atoms with van der Waals surface area (Å²) in [5, 5.41) is 8.69. The molecule has 0 N–H and O–H groups in total. The second-order valence-corrected chi connectivity index (χ2v) is 4.77. The summed E-state index contributed by atoms with van der Waals surface area (Å²) in [5.74, 6) is 0. The van der Waals surface area contributed by atoms with Crippen LogP contribution in [0.5, 0.6) is 0 Å². The SMILES string of the molecule is CC(C)(C)c1cc(Br)c(C#N)cn1. The number of halogens is 1. The van der Waals surface area contributed by atoms with Crippen molar-refractivity contribution in [1.82, 2.24) is 4.98 Å². The minimum absolute atomic E-state index is 0.0243. The monoisotopic (exact) mass is 238 g/mol. The number of nitriles is 1. The van der Waals surface area contributed by atoms with E-state index in [4.69, 9.17) is 5.26 Å². The standard InChI is InChI=1S/C10H11BrN2/c1-10(2,3)9-4-8(11)7(5-12)6-13-9/h4,6H,1-3H3. The molecule has 0 aromatic carbocycles. The van der Waals surface area contributed by atoms with Gasteiger partial charge in [-0.1, -0.05) is 20.8 Å². The minimum atomic E-state index is 0.0243. The molecule has 1 aromatic rings. The molecule has 0 unspecified atom stereocenters. The molecule has 0 amide bonds. The molecule has 0 saturated heterocycles. The Morgan fingerprint density at radius 3 is 2.46 bits per heavy atom. The highest BCUT2D eigenvalue weighted by atomic mass is 79.9. The van der Waals surface area contributed by atoms with Crippen molar-refractivity contribution < 1.29 is 0 Å². The maximum absolute atomic E-state index is 8.69. The highest BCUT2D eigenvalue weighted by Gasteiger charge is 2.16. The Morgan fingerprint density at radius 1 is 1.46 bits per heavy atom. The van der Waals surface area contributed by atoms with Crippen LogP contribution in [-0.4, -0.2) is 4.98 Å². The van der Waals surface area contributed by atoms with Crippen LogP contribution in [0, 0.1) is 11.3 Å². The Labute approximate surface area is 86.7 Å². The van der Waals surface area contributed by atoms with Gasteiger partial charge in [0.15, 0.2) is 0 Å². The number of nitrogens with zero attached hydrogens (tertiary/aromatic N) is 2.